The molecule has 27 heavy (non-hydrogen) atoms. The number of anilines is 1. The van der Waals surface area contributed by atoms with Gasteiger partial charge in [-0.25, -0.2) is 4.98 Å². The van der Waals surface area contributed by atoms with Gasteiger partial charge in [-0.1, -0.05) is 39.8 Å². The van der Waals surface area contributed by atoms with Crippen LogP contribution in [0.1, 0.15) is 67.0 Å². The molecule has 0 saturated carbocycles. The zero-order chi connectivity index (χ0) is 19.6. The van der Waals surface area contributed by atoms with Crippen LogP contribution in [0.5, 0.6) is 0 Å². The predicted molar refractivity (Wildman–Crippen MR) is 114 cm³/mol. The summed E-state index contributed by atoms with van der Waals surface area (Å²) in [7, 11) is 0. The summed E-state index contributed by atoms with van der Waals surface area (Å²) in [6, 6.07) is 7.86. The third-order valence-corrected chi connectivity index (χ3v) is 6.43. The monoisotopic (exact) mass is 385 g/mol. The summed E-state index contributed by atoms with van der Waals surface area (Å²) in [6.07, 6.45) is 2.54. The Morgan fingerprint density at radius 1 is 1.22 bits per heavy atom. The van der Waals surface area contributed by atoms with E-state index in [4.69, 9.17) is 0 Å². The third-order valence-electron chi connectivity index (χ3n) is 5.37. The number of thiazole rings is 1. The summed E-state index contributed by atoms with van der Waals surface area (Å²) in [4.78, 5) is 20.9. The molecule has 146 valence electrons. The van der Waals surface area contributed by atoms with Crippen LogP contribution in [0.2, 0.25) is 0 Å². The van der Waals surface area contributed by atoms with Crippen molar-refractivity contribution >= 4 is 22.4 Å². The van der Waals surface area contributed by atoms with E-state index in [1.54, 1.807) is 11.3 Å². The van der Waals surface area contributed by atoms with Gasteiger partial charge in [0.25, 0.3) is 5.91 Å². The molecule has 3 rings (SSSR count). The van der Waals surface area contributed by atoms with Crippen LogP contribution in [-0.4, -0.2) is 28.9 Å². The van der Waals surface area contributed by atoms with Gasteiger partial charge in [0.15, 0.2) is 5.13 Å². The van der Waals surface area contributed by atoms with Crippen LogP contribution < -0.4 is 5.32 Å². The molecule has 1 aliphatic heterocycles. The second-order valence-electron chi connectivity index (χ2n) is 8.77. The fourth-order valence-electron chi connectivity index (χ4n) is 3.34. The van der Waals surface area contributed by atoms with Gasteiger partial charge in [0, 0.05) is 17.0 Å². The zero-order valence-electron chi connectivity index (χ0n) is 17.1. The van der Waals surface area contributed by atoms with Crippen LogP contribution in [0.4, 0.5) is 5.13 Å². The number of benzene rings is 1. The summed E-state index contributed by atoms with van der Waals surface area (Å²) in [5.41, 5.74) is 3.00. The standard InChI is InChI=1S/C22H31N3OS/c1-15-10-12-25(13-11-15)14-19-16(2)23-21(27-19)24-20(26)17-6-8-18(9-7-17)22(3,4)5/h6-9,15H,10-14H2,1-5H3,(H,23,24,26). The SMILES string of the molecule is Cc1nc(NC(=O)c2ccc(C(C)(C)C)cc2)sc1CN1CCC(C)CC1. The minimum atomic E-state index is -0.0949. The van der Waals surface area contributed by atoms with Gasteiger partial charge in [0.2, 0.25) is 0 Å². The Kier molecular flexibility index (Phi) is 6.02. The molecule has 1 fully saturated rings. The van der Waals surface area contributed by atoms with Crippen LogP contribution in [0.25, 0.3) is 0 Å². The van der Waals surface area contributed by atoms with Gasteiger partial charge in [-0.3, -0.25) is 15.0 Å². The van der Waals surface area contributed by atoms with Crippen molar-refractivity contribution in [2.75, 3.05) is 18.4 Å². The number of carbonyl (C=O) groups excluding carboxylic acids is 1. The Morgan fingerprint density at radius 3 is 2.44 bits per heavy atom. The maximum atomic E-state index is 12.6. The number of amides is 1. The maximum Gasteiger partial charge on any atom is 0.257 e. The summed E-state index contributed by atoms with van der Waals surface area (Å²) in [5, 5.41) is 3.66. The van der Waals surface area contributed by atoms with Gasteiger partial charge in [0.1, 0.15) is 0 Å². The van der Waals surface area contributed by atoms with Crippen molar-refractivity contribution in [2.24, 2.45) is 5.92 Å². The summed E-state index contributed by atoms with van der Waals surface area (Å²) < 4.78 is 0. The van der Waals surface area contributed by atoms with Crippen molar-refractivity contribution < 1.29 is 4.79 Å². The molecule has 1 N–H and O–H groups in total. The van der Waals surface area contributed by atoms with Crippen molar-refractivity contribution in [1.29, 1.82) is 0 Å². The van der Waals surface area contributed by atoms with E-state index in [1.807, 2.05) is 31.2 Å². The second-order valence-corrected chi connectivity index (χ2v) is 9.85. The number of piperidine rings is 1. The van der Waals surface area contributed by atoms with Gasteiger partial charge < -0.3 is 0 Å². The van der Waals surface area contributed by atoms with Gasteiger partial charge in [-0.05, 0) is 61.9 Å². The van der Waals surface area contributed by atoms with E-state index >= 15 is 0 Å². The van der Waals surface area contributed by atoms with Crippen molar-refractivity contribution in [3.8, 4) is 0 Å². The number of likely N-dealkylation sites (tertiary alicyclic amines) is 1. The molecule has 0 radical (unpaired) electrons. The lowest BCUT2D eigenvalue weighted by molar-refractivity contribution is 0.102. The number of hydrogen-bond acceptors (Lipinski definition) is 4. The van der Waals surface area contributed by atoms with Gasteiger partial charge in [-0.15, -0.1) is 11.3 Å². The Balaban J connectivity index is 1.63. The van der Waals surface area contributed by atoms with Crippen LogP contribution >= 0.6 is 11.3 Å². The van der Waals surface area contributed by atoms with E-state index in [0.29, 0.717) is 10.7 Å². The molecule has 0 atom stereocenters. The largest absolute Gasteiger partial charge is 0.298 e. The van der Waals surface area contributed by atoms with Gasteiger partial charge >= 0.3 is 0 Å². The first-order chi connectivity index (χ1) is 12.7. The number of nitrogens with one attached hydrogen (secondary N) is 1. The van der Waals surface area contributed by atoms with Gasteiger partial charge in [-0.2, -0.15) is 0 Å². The number of hydrogen-bond donors (Lipinski definition) is 1. The molecule has 1 aromatic heterocycles. The molecule has 1 saturated heterocycles. The molecule has 1 aromatic carbocycles. The van der Waals surface area contributed by atoms with E-state index < -0.39 is 0 Å². The molecule has 1 amide bonds. The Bertz CT molecular complexity index is 781. The number of nitrogens with zero attached hydrogens (tertiary/aromatic N) is 2. The quantitative estimate of drug-likeness (QED) is 0.783. The first-order valence-electron chi connectivity index (χ1n) is 9.83. The molecule has 0 bridgehead atoms. The zero-order valence-corrected chi connectivity index (χ0v) is 17.9. The maximum absolute atomic E-state index is 12.6. The number of rotatable bonds is 4. The Labute approximate surface area is 167 Å². The first kappa shape index (κ1) is 20.0. The molecular weight excluding hydrogens is 354 g/mol. The molecule has 4 nitrogen and oxygen atoms in total. The molecule has 0 aliphatic carbocycles. The van der Waals surface area contributed by atoms with E-state index in [0.717, 1.165) is 31.2 Å². The van der Waals surface area contributed by atoms with Crippen LogP contribution in [0, 0.1) is 12.8 Å². The third kappa shape index (κ3) is 5.17. The van der Waals surface area contributed by atoms with E-state index in [1.165, 1.54) is 23.3 Å². The lowest BCUT2D eigenvalue weighted by atomic mass is 9.87. The highest BCUT2D eigenvalue weighted by Crippen LogP contribution is 2.27. The smallest absolute Gasteiger partial charge is 0.257 e. The van der Waals surface area contributed by atoms with E-state index in [2.05, 4.69) is 42.9 Å². The van der Waals surface area contributed by atoms with Crippen LogP contribution in [-0.2, 0) is 12.0 Å². The van der Waals surface area contributed by atoms with Gasteiger partial charge in [0.05, 0.1) is 5.69 Å². The number of aromatic nitrogens is 1. The highest BCUT2D eigenvalue weighted by Gasteiger charge is 2.19. The molecule has 2 heterocycles. The predicted octanol–water partition coefficient (Wildman–Crippen LogP) is 5.23. The normalized spacial score (nSPS) is 16.5. The minimum absolute atomic E-state index is 0.0859. The molecule has 1 aliphatic rings. The molecule has 0 spiro atoms. The minimum Gasteiger partial charge on any atom is -0.298 e. The number of aryl methyl sites for hydroxylation is 1. The van der Waals surface area contributed by atoms with E-state index in [9.17, 15) is 4.79 Å². The fourth-order valence-corrected chi connectivity index (χ4v) is 4.34. The first-order valence-corrected chi connectivity index (χ1v) is 10.6. The van der Waals surface area contributed by atoms with Crippen LogP contribution in [0.3, 0.4) is 0 Å². The highest BCUT2D eigenvalue weighted by atomic mass is 32.1. The molecule has 5 heteroatoms. The highest BCUT2D eigenvalue weighted by molar-refractivity contribution is 7.15. The second kappa shape index (κ2) is 8.11. The lowest BCUT2D eigenvalue weighted by Gasteiger charge is -2.29. The van der Waals surface area contributed by atoms with Crippen molar-refractivity contribution in [1.82, 2.24) is 9.88 Å². The average Bonchev–Trinajstić information content (AvgIpc) is 2.95. The Morgan fingerprint density at radius 2 is 1.85 bits per heavy atom. The van der Waals surface area contributed by atoms with E-state index in [-0.39, 0.29) is 11.3 Å². The lowest BCUT2D eigenvalue weighted by Crippen LogP contribution is -2.32. The summed E-state index contributed by atoms with van der Waals surface area (Å²) in [5.74, 6) is 0.742. The molecular formula is C22H31N3OS. The van der Waals surface area contributed by atoms with Crippen molar-refractivity contribution in [2.45, 2.75) is 59.4 Å². The molecule has 0 unspecified atom stereocenters. The average molecular weight is 386 g/mol. The molecule has 2 aromatic rings. The summed E-state index contributed by atoms with van der Waals surface area (Å²) >= 11 is 1.60. The topological polar surface area (TPSA) is 45.2 Å². The van der Waals surface area contributed by atoms with Crippen LogP contribution in [0.15, 0.2) is 24.3 Å². The van der Waals surface area contributed by atoms with Crippen molar-refractivity contribution in [3.63, 3.8) is 0 Å². The van der Waals surface area contributed by atoms with Crippen molar-refractivity contribution in [3.05, 3.63) is 46.0 Å². The Hall–Kier alpha value is -1.72. The summed E-state index contributed by atoms with van der Waals surface area (Å²) in [6.45, 7) is 14.1. The fraction of sp³-hybridized carbons (Fsp3) is 0.545. The number of carbonyl (C=O) groups is 1.